The molecule has 2 aromatic rings. The molecule has 0 bridgehead atoms. The number of methoxy groups -OCH3 is 1. The molecule has 2 aromatic carbocycles. The Hall–Kier alpha value is -2.24. The van der Waals surface area contributed by atoms with Crippen LogP contribution in [0.25, 0.3) is 0 Å². The first-order valence-corrected chi connectivity index (χ1v) is 7.88. The molecule has 2 rings (SSSR count). The summed E-state index contributed by atoms with van der Waals surface area (Å²) in [5.41, 5.74) is 1.14. The first-order valence-electron chi connectivity index (χ1n) is 7.50. The standard InChI is InChI=1S/C18H21ClN2O3/c1-21(2)16(13-6-4-5-7-15(13)19)11-20-18(23)14-9-8-12(24-3)10-17(14)22/h4-10,16,22H,11H2,1-3H3,(H,20,23). The molecule has 1 unspecified atom stereocenters. The van der Waals surface area contributed by atoms with Crippen LogP contribution in [0.3, 0.4) is 0 Å². The van der Waals surface area contributed by atoms with Crippen molar-refractivity contribution < 1.29 is 14.6 Å². The van der Waals surface area contributed by atoms with Crippen molar-refractivity contribution >= 4 is 17.5 Å². The predicted molar refractivity (Wildman–Crippen MR) is 94.9 cm³/mol. The van der Waals surface area contributed by atoms with Crippen LogP contribution in [0, 0.1) is 0 Å². The van der Waals surface area contributed by atoms with Crippen LogP contribution in [0.2, 0.25) is 5.02 Å². The molecule has 0 aliphatic rings. The normalized spacial score (nSPS) is 12.0. The molecule has 0 aromatic heterocycles. The van der Waals surface area contributed by atoms with Gasteiger partial charge in [-0.2, -0.15) is 0 Å². The zero-order chi connectivity index (χ0) is 17.7. The summed E-state index contributed by atoms with van der Waals surface area (Å²) in [6.45, 7) is 0.362. The van der Waals surface area contributed by atoms with Crippen molar-refractivity contribution in [3.63, 3.8) is 0 Å². The SMILES string of the molecule is COc1ccc(C(=O)NCC(c2ccccc2Cl)N(C)C)c(O)c1. The van der Waals surface area contributed by atoms with E-state index in [9.17, 15) is 9.90 Å². The van der Waals surface area contributed by atoms with E-state index in [1.807, 2.05) is 43.3 Å². The molecule has 2 N–H and O–H groups in total. The van der Waals surface area contributed by atoms with E-state index in [4.69, 9.17) is 16.3 Å². The number of rotatable bonds is 6. The fourth-order valence-electron chi connectivity index (χ4n) is 2.43. The van der Waals surface area contributed by atoms with Gasteiger partial charge in [-0.15, -0.1) is 0 Å². The van der Waals surface area contributed by atoms with Gasteiger partial charge in [0, 0.05) is 17.6 Å². The van der Waals surface area contributed by atoms with Gasteiger partial charge < -0.3 is 20.1 Å². The van der Waals surface area contributed by atoms with E-state index in [0.29, 0.717) is 17.3 Å². The van der Waals surface area contributed by atoms with E-state index >= 15 is 0 Å². The van der Waals surface area contributed by atoms with Crippen molar-refractivity contribution in [2.75, 3.05) is 27.7 Å². The minimum atomic E-state index is -0.353. The summed E-state index contributed by atoms with van der Waals surface area (Å²) >= 11 is 6.26. The number of carbonyl (C=O) groups excluding carboxylic acids is 1. The van der Waals surface area contributed by atoms with Gasteiger partial charge in [0.15, 0.2) is 0 Å². The summed E-state index contributed by atoms with van der Waals surface area (Å²) in [5, 5.41) is 13.5. The number of nitrogens with zero attached hydrogens (tertiary/aromatic N) is 1. The molecule has 0 fully saturated rings. The van der Waals surface area contributed by atoms with Crippen LogP contribution in [-0.4, -0.2) is 43.7 Å². The highest BCUT2D eigenvalue weighted by molar-refractivity contribution is 6.31. The molecule has 1 atom stereocenters. The summed E-state index contributed by atoms with van der Waals surface area (Å²) < 4.78 is 5.02. The van der Waals surface area contributed by atoms with Gasteiger partial charge in [-0.25, -0.2) is 0 Å². The zero-order valence-corrected chi connectivity index (χ0v) is 14.7. The van der Waals surface area contributed by atoms with Gasteiger partial charge in [0.05, 0.1) is 18.7 Å². The number of aromatic hydroxyl groups is 1. The smallest absolute Gasteiger partial charge is 0.255 e. The first kappa shape index (κ1) is 18.1. The Labute approximate surface area is 146 Å². The summed E-state index contributed by atoms with van der Waals surface area (Å²) in [6.07, 6.45) is 0. The van der Waals surface area contributed by atoms with Gasteiger partial charge in [-0.05, 0) is 37.9 Å². The van der Waals surface area contributed by atoms with E-state index in [1.165, 1.54) is 19.2 Å². The first-order chi connectivity index (χ1) is 11.4. The van der Waals surface area contributed by atoms with Crippen LogP contribution >= 0.6 is 11.6 Å². The van der Waals surface area contributed by atoms with Gasteiger partial charge in [-0.1, -0.05) is 29.8 Å². The summed E-state index contributed by atoms with van der Waals surface area (Å²) in [5.74, 6) is 0.0198. The van der Waals surface area contributed by atoms with Crippen molar-refractivity contribution in [1.82, 2.24) is 10.2 Å². The average molecular weight is 349 g/mol. The third-order valence-electron chi connectivity index (χ3n) is 3.79. The van der Waals surface area contributed by atoms with Crippen LogP contribution in [0.15, 0.2) is 42.5 Å². The Morgan fingerprint density at radius 2 is 2.00 bits per heavy atom. The molecule has 128 valence electrons. The highest BCUT2D eigenvalue weighted by Gasteiger charge is 2.19. The minimum absolute atomic E-state index is 0.0805. The number of ether oxygens (including phenoxy) is 1. The molecule has 0 saturated heterocycles. The van der Waals surface area contributed by atoms with E-state index in [0.717, 1.165) is 5.56 Å². The lowest BCUT2D eigenvalue weighted by atomic mass is 10.1. The maximum Gasteiger partial charge on any atom is 0.255 e. The third kappa shape index (κ3) is 4.19. The molecular formula is C18H21ClN2O3. The average Bonchev–Trinajstić information content (AvgIpc) is 2.55. The Morgan fingerprint density at radius 3 is 2.58 bits per heavy atom. The number of carbonyl (C=O) groups is 1. The molecule has 0 radical (unpaired) electrons. The lowest BCUT2D eigenvalue weighted by Gasteiger charge is -2.26. The van der Waals surface area contributed by atoms with Gasteiger partial charge >= 0.3 is 0 Å². The number of benzene rings is 2. The second-order valence-corrected chi connectivity index (χ2v) is 6.00. The number of likely N-dealkylation sites (N-methyl/N-ethyl adjacent to an activating group) is 1. The summed E-state index contributed by atoms with van der Waals surface area (Å²) in [4.78, 5) is 14.3. The van der Waals surface area contributed by atoms with Crippen molar-refractivity contribution in [2.45, 2.75) is 6.04 Å². The molecule has 0 aliphatic heterocycles. The monoisotopic (exact) mass is 348 g/mol. The zero-order valence-electron chi connectivity index (χ0n) is 13.9. The molecule has 0 spiro atoms. The lowest BCUT2D eigenvalue weighted by Crippen LogP contribution is -2.34. The molecule has 0 saturated carbocycles. The second-order valence-electron chi connectivity index (χ2n) is 5.59. The Bertz CT molecular complexity index is 719. The second kappa shape index (κ2) is 8.04. The topological polar surface area (TPSA) is 61.8 Å². The molecule has 5 nitrogen and oxygen atoms in total. The van der Waals surface area contributed by atoms with Gasteiger partial charge in [0.25, 0.3) is 5.91 Å². The van der Waals surface area contributed by atoms with Crippen molar-refractivity contribution in [3.05, 3.63) is 58.6 Å². The van der Waals surface area contributed by atoms with Gasteiger partial charge in [0.1, 0.15) is 11.5 Å². The Kier molecular flexibility index (Phi) is 6.06. The highest BCUT2D eigenvalue weighted by Crippen LogP contribution is 2.26. The number of nitrogens with one attached hydrogen (secondary N) is 1. The van der Waals surface area contributed by atoms with Gasteiger partial charge in [0.2, 0.25) is 0 Å². The summed E-state index contributed by atoms with van der Waals surface area (Å²) in [7, 11) is 5.34. The largest absolute Gasteiger partial charge is 0.507 e. The molecular weight excluding hydrogens is 328 g/mol. The maximum atomic E-state index is 12.3. The Balaban J connectivity index is 2.12. The number of hydrogen-bond donors (Lipinski definition) is 2. The molecule has 1 amide bonds. The minimum Gasteiger partial charge on any atom is -0.507 e. The van der Waals surface area contributed by atoms with E-state index < -0.39 is 0 Å². The quantitative estimate of drug-likeness (QED) is 0.842. The molecule has 6 heteroatoms. The van der Waals surface area contributed by atoms with Crippen molar-refractivity contribution in [2.24, 2.45) is 0 Å². The van der Waals surface area contributed by atoms with Crippen molar-refractivity contribution in [3.8, 4) is 11.5 Å². The predicted octanol–water partition coefficient (Wildman–Crippen LogP) is 3.09. The van der Waals surface area contributed by atoms with Crippen LogP contribution in [-0.2, 0) is 0 Å². The molecule has 0 heterocycles. The number of amides is 1. The maximum absolute atomic E-state index is 12.3. The van der Waals surface area contributed by atoms with E-state index in [2.05, 4.69) is 5.32 Å². The number of phenols is 1. The van der Waals surface area contributed by atoms with Crippen LogP contribution in [0.1, 0.15) is 22.0 Å². The fourth-order valence-corrected chi connectivity index (χ4v) is 2.69. The number of halogens is 1. The van der Waals surface area contributed by atoms with Crippen molar-refractivity contribution in [1.29, 1.82) is 0 Å². The molecule has 24 heavy (non-hydrogen) atoms. The Morgan fingerprint density at radius 1 is 1.29 bits per heavy atom. The molecule has 0 aliphatic carbocycles. The fraction of sp³-hybridized carbons (Fsp3) is 0.278. The third-order valence-corrected chi connectivity index (χ3v) is 4.14. The van der Waals surface area contributed by atoms with E-state index in [-0.39, 0.29) is 23.3 Å². The summed E-state index contributed by atoms with van der Waals surface area (Å²) in [6, 6.07) is 12.0. The lowest BCUT2D eigenvalue weighted by molar-refractivity contribution is 0.0939. The van der Waals surface area contributed by atoms with Gasteiger partial charge in [-0.3, -0.25) is 4.79 Å². The van der Waals surface area contributed by atoms with E-state index in [1.54, 1.807) is 6.07 Å². The number of hydrogen-bond acceptors (Lipinski definition) is 4. The highest BCUT2D eigenvalue weighted by atomic mass is 35.5. The number of phenolic OH excluding ortho intramolecular Hbond substituents is 1. The van der Waals surface area contributed by atoms with Crippen LogP contribution in [0.5, 0.6) is 11.5 Å². The van der Waals surface area contributed by atoms with Crippen LogP contribution < -0.4 is 10.1 Å². The van der Waals surface area contributed by atoms with Crippen LogP contribution in [0.4, 0.5) is 0 Å².